The lowest BCUT2D eigenvalue weighted by Crippen LogP contribution is -2.30. The Morgan fingerprint density at radius 1 is 1.27 bits per heavy atom. The average Bonchev–Trinajstić information content (AvgIpc) is 3.22. The van der Waals surface area contributed by atoms with E-state index in [1.807, 2.05) is 18.2 Å². The SMILES string of the molecule is CCc1ccc(C(=O)NCC2CCN(c3ccccc3)C2)s1. The highest BCUT2D eigenvalue weighted by Crippen LogP contribution is 2.23. The predicted molar refractivity (Wildman–Crippen MR) is 92.8 cm³/mol. The van der Waals surface area contributed by atoms with Crippen LogP contribution in [0.2, 0.25) is 0 Å². The highest BCUT2D eigenvalue weighted by atomic mass is 32.1. The number of nitrogens with zero attached hydrogens (tertiary/aromatic N) is 1. The van der Waals surface area contributed by atoms with Gasteiger partial charge in [-0.2, -0.15) is 0 Å². The van der Waals surface area contributed by atoms with Crippen LogP contribution in [-0.2, 0) is 6.42 Å². The maximum absolute atomic E-state index is 12.2. The van der Waals surface area contributed by atoms with Crippen molar-refractivity contribution in [2.24, 2.45) is 5.92 Å². The van der Waals surface area contributed by atoms with Crippen LogP contribution in [0.25, 0.3) is 0 Å². The first-order chi connectivity index (χ1) is 10.8. The van der Waals surface area contributed by atoms with Crippen LogP contribution in [0.5, 0.6) is 0 Å². The zero-order chi connectivity index (χ0) is 15.4. The summed E-state index contributed by atoms with van der Waals surface area (Å²) in [5, 5.41) is 3.10. The molecule has 0 radical (unpaired) electrons. The molecule has 1 saturated heterocycles. The van der Waals surface area contributed by atoms with Gasteiger partial charge < -0.3 is 10.2 Å². The fraction of sp³-hybridized carbons (Fsp3) is 0.389. The van der Waals surface area contributed by atoms with Gasteiger partial charge in [0.25, 0.3) is 5.91 Å². The van der Waals surface area contributed by atoms with Crippen molar-refractivity contribution < 1.29 is 4.79 Å². The van der Waals surface area contributed by atoms with Gasteiger partial charge in [-0.15, -0.1) is 11.3 Å². The third-order valence-electron chi connectivity index (χ3n) is 4.19. The Hall–Kier alpha value is -1.81. The van der Waals surface area contributed by atoms with E-state index in [1.165, 1.54) is 10.6 Å². The maximum Gasteiger partial charge on any atom is 0.261 e. The number of thiophene rings is 1. The molecule has 2 heterocycles. The Labute approximate surface area is 136 Å². The summed E-state index contributed by atoms with van der Waals surface area (Å²) in [6, 6.07) is 14.5. The molecule has 3 rings (SSSR count). The Balaban J connectivity index is 1.49. The van der Waals surface area contributed by atoms with E-state index in [-0.39, 0.29) is 5.91 Å². The monoisotopic (exact) mass is 314 g/mol. The van der Waals surface area contributed by atoms with Crippen LogP contribution in [0.15, 0.2) is 42.5 Å². The van der Waals surface area contributed by atoms with Crippen molar-refractivity contribution in [3.8, 4) is 0 Å². The van der Waals surface area contributed by atoms with Crippen LogP contribution < -0.4 is 10.2 Å². The molecule has 0 spiro atoms. The van der Waals surface area contributed by atoms with Gasteiger partial charge in [-0.1, -0.05) is 25.1 Å². The molecule has 22 heavy (non-hydrogen) atoms. The number of nitrogens with one attached hydrogen (secondary N) is 1. The summed E-state index contributed by atoms with van der Waals surface area (Å²) in [5.41, 5.74) is 1.28. The molecule has 0 bridgehead atoms. The van der Waals surface area contributed by atoms with Gasteiger partial charge in [-0.05, 0) is 43.0 Å². The van der Waals surface area contributed by atoms with Crippen LogP contribution >= 0.6 is 11.3 Å². The average molecular weight is 314 g/mol. The first-order valence-corrected chi connectivity index (χ1v) is 8.75. The van der Waals surface area contributed by atoms with Gasteiger partial charge in [0.05, 0.1) is 4.88 Å². The normalized spacial score (nSPS) is 17.7. The molecule has 4 heteroatoms. The second-order valence-electron chi connectivity index (χ2n) is 5.77. The van der Waals surface area contributed by atoms with E-state index < -0.39 is 0 Å². The second-order valence-corrected chi connectivity index (χ2v) is 6.93. The number of aryl methyl sites for hydroxylation is 1. The molecule has 2 aromatic rings. The van der Waals surface area contributed by atoms with Crippen LogP contribution in [0.4, 0.5) is 5.69 Å². The summed E-state index contributed by atoms with van der Waals surface area (Å²) in [6.45, 7) is 4.98. The maximum atomic E-state index is 12.2. The number of hydrogen-bond donors (Lipinski definition) is 1. The van der Waals surface area contributed by atoms with Gasteiger partial charge >= 0.3 is 0 Å². The standard InChI is InChI=1S/C18H22N2OS/c1-2-16-8-9-17(22-16)18(21)19-12-14-10-11-20(13-14)15-6-4-3-5-7-15/h3-9,14H,2,10-13H2,1H3,(H,19,21). The van der Waals surface area contributed by atoms with Gasteiger partial charge in [-0.3, -0.25) is 4.79 Å². The summed E-state index contributed by atoms with van der Waals surface area (Å²) in [5.74, 6) is 0.609. The molecule has 1 aromatic carbocycles. The van der Waals surface area contributed by atoms with Gasteiger partial charge in [0.2, 0.25) is 0 Å². The van der Waals surface area contributed by atoms with Crippen molar-refractivity contribution in [2.75, 3.05) is 24.5 Å². The second kappa shape index (κ2) is 6.97. The summed E-state index contributed by atoms with van der Waals surface area (Å²) in [6.07, 6.45) is 2.13. The van der Waals surface area contributed by atoms with Crippen molar-refractivity contribution in [2.45, 2.75) is 19.8 Å². The Morgan fingerprint density at radius 2 is 2.09 bits per heavy atom. The summed E-state index contributed by atoms with van der Waals surface area (Å²) < 4.78 is 0. The Bertz CT molecular complexity index is 623. The molecule has 1 N–H and O–H groups in total. The number of para-hydroxylation sites is 1. The van der Waals surface area contributed by atoms with Crippen LogP contribution in [0, 0.1) is 5.92 Å². The molecule has 1 aliphatic rings. The van der Waals surface area contributed by atoms with E-state index in [4.69, 9.17) is 0 Å². The van der Waals surface area contributed by atoms with Crippen molar-refractivity contribution in [3.63, 3.8) is 0 Å². The van der Waals surface area contributed by atoms with Crippen molar-refractivity contribution >= 4 is 22.9 Å². The van der Waals surface area contributed by atoms with Crippen molar-refractivity contribution in [1.82, 2.24) is 5.32 Å². The molecule has 3 nitrogen and oxygen atoms in total. The number of amides is 1. The topological polar surface area (TPSA) is 32.3 Å². The summed E-state index contributed by atoms with van der Waals surface area (Å²) in [7, 11) is 0. The third-order valence-corrected chi connectivity index (χ3v) is 5.42. The molecular formula is C18H22N2OS. The van der Waals surface area contributed by atoms with E-state index in [9.17, 15) is 4.79 Å². The van der Waals surface area contributed by atoms with Gasteiger partial charge in [-0.25, -0.2) is 0 Å². The number of benzene rings is 1. The zero-order valence-corrected chi connectivity index (χ0v) is 13.7. The fourth-order valence-electron chi connectivity index (χ4n) is 2.89. The fourth-order valence-corrected chi connectivity index (χ4v) is 3.75. The Kier molecular flexibility index (Phi) is 4.78. The largest absolute Gasteiger partial charge is 0.371 e. The van der Waals surface area contributed by atoms with Crippen molar-refractivity contribution in [1.29, 1.82) is 0 Å². The molecule has 1 amide bonds. The van der Waals surface area contributed by atoms with E-state index in [0.717, 1.165) is 37.4 Å². The molecule has 1 aliphatic heterocycles. The molecule has 0 aliphatic carbocycles. The molecule has 1 unspecified atom stereocenters. The number of carbonyl (C=O) groups is 1. The molecule has 1 fully saturated rings. The number of anilines is 1. The minimum absolute atomic E-state index is 0.0721. The van der Waals surface area contributed by atoms with Gasteiger partial charge in [0.15, 0.2) is 0 Å². The highest BCUT2D eigenvalue weighted by Gasteiger charge is 2.23. The minimum Gasteiger partial charge on any atom is -0.371 e. The van der Waals surface area contributed by atoms with Gasteiger partial charge in [0.1, 0.15) is 0 Å². The van der Waals surface area contributed by atoms with E-state index in [0.29, 0.717) is 5.92 Å². The smallest absolute Gasteiger partial charge is 0.261 e. The van der Waals surface area contributed by atoms with Crippen LogP contribution in [0.1, 0.15) is 27.9 Å². The third kappa shape index (κ3) is 3.50. The minimum atomic E-state index is 0.0721. The lowest BCUT2D eigenvalue weighted by atomic mass is 10.1. The van der Waals surface area contributed by atoms with E-state index in [2.05, 4.69) is 41.4 Å². The zero-order valence-electron chi connectivity index (χ0n) is 12.9. The molecule has 1 atom stereocenters. The molecule has 1 aromatic heterocycles. The first kappa shape index (κ1) is 15.1. The number of rotatable bonds is 5. The Morgan fingerprint density at radius 3 is 2.82 bits per heavy atom. The summed E-state index contributed by atoms with van der Waals surface area (Å²) in [4.78, 5) is 16.7. The lowest BCUT2D eigenvalue weighted by Gasteiger charge is -2.18. The quantitative estimate of drug-likeness (QED) is 0.915. The van der Waals surface area contributed by atoms with Gasteiger partial charge in [0, 0.05) is 30.2 Å². The summed E-state index contributed by atoms with van der Waals surface area (Å²) >= 11 is 1.60. The molecular weight excluding hydrogens is 292 g/mol. The first-order valence-electron chi connectivity index (χ1n) is 7.93. The lowest BCUT2D eigenvalue weighted by molar-refractivity contribution is 0.0952. The number of carbonyl (C=O) groups excluding carboxylic acids is 1. The predicted octanol–water partition coefficient (Wildman–Crippen LogP) is 3.57. The van der Waals surface area contributed by atoms with Crippen LogP contribution in [-0.4, -0.2) is 25.5 Å². The van der Waals surface area contributed by atoms with Crippen molar-refractivity contribution in [3.05, 3.63) is 52.2 Å². The molecule has 0 saturated carbocycles. The van der Waals surface area contributed by atoms with Crippen LogP contribution in [0.3, 0.4) is 0 Å². The van der Waals surface area contributed by atoms with E-state index >= 15 is 0 Å². The highest BCUT2D eigenvalue weighted by molar-refractivity contribution is 7.14. The number of hydrogen-bond acceptors (Lipinski definition) is 3. The van der Waals surface area contributed by atoms with E-state index in [1.54, 1.807) is 11.3 Å². The molecule has 116 valence electrons.